The minimum atomic E-state index is -1.22. The summed E-state index contributed by atoms with van der Waals surface area (Å²) in [5.74, 6) is -5.09. The first-order chi connectivity index (χ1) is 26.8. The minimum absolute atomic E-state index is 0. The zero-order valence-electron chi connectivity index (χ0n) is 37.3. The van der Waals surface area contributed by atoms with Crippen LogP contribution in [0.3, 0.4) is 0 Å². The molecule has 14 nitrogen and oxygen atoms in total. The Bertz CT molecular complexity index is 1330. The van der Waals surface area contributed by atoms with Gasteiger partial charge in [-0.1, -0.05) is 129 Å². The highest BCUT2D eigenvalue weighted by atomic mass is 32.2. The van der Waals surface area contributed by atoms with Crippen molar-refractivity contribution in [2.24, 2.45) is 46.8 Å². The molecule has 70 heavy (non-hydrogen) atoms. The molecule has 0 aliphatic carbocycles. The van der Waals surface area contributed by atoms with E-state index < -0.39 is 52.6 Å². The standard InChI is InChI=1S/C41H72N2O12S3.12CH4/c1-26(2)31(20-30(22-40(5,6)38(49)50)37(48)54-18-16-52-14)32(35(46)43(11)12)24-57-39(56)58-33(27(3)4)21-28(34(45)42(9)10)19-29(23-41(7,8)55-25-44)36(47)53-17-15-51-13;;;;;;;;;;;;/h25-33H,15-24H2,1-14H3,(H,49,50);12*1H4. The lowest BCUT2D eigenvalue weighted by Gasteiger charge is -2.35. The Hall–Kier alpha value is -2.47. The lowest BCUT2D eigenvalue weighted by molar-refractivity contribution is -0.157. The van der Waals surface area contributed by atoms with Gasteiger partial charge in [-0.15, -0.1) is 23.5 Å². The van der Waals surface area contributed by atoms with Crippen molar-refractivity contribution in [2.75, 3.05) is 74.6 Å². The van der Waals surface area contributed by atoms with Crippen LogP contribution < -0.4 is 0 Å². The van der Waals surface area contributed by atoms with Crippen LogP contribution in [0.25, 0.3) is 0 Å². The molecule has 0 spiro atoms. The Morgan fingerprint density at radius 3 is 1.37 bits per heavy atom. The monoisotopic (exact) mass is 1070 g/mol. The van der Waals surface area contributed by atoms with E-state index in [1.165, 1.54) is 47.5 Å². The lowest BCUT2D eigenvalue weighted by atomic mass is 9.73. The molecule has 432 valence electrons. The molecule has 0 aromatic carbocycles. The summed E-state index contributed by atoms with van der Waals surface area (Å²) in [6.07, 6.45) is 0.940. The van der Waals surface area contributed by atoms with E-state index in [4.69, 9.17) is 35.9 Å². The number of methoxy groups -OCH3 is 2. The molecule has 0 aromatic heterocycles. The first-order valence-corrected chi connectivity index (χ1v) is 22.0. The number of rotatable bonds is 29. The summed E-state index contributed by atoms with van der Waals surface area (Å²) in [7, 11) is 9.68. The lowest BCUT2D eigenvalue weighted by Crippen LogP contribution is -2.40. The summed E-state index contributed by atoms with van der Waals surface area (Å²) < 4.78 is 26.9. The van der Waals surface area contributed by atoms with Gasteiger partial charge in [0.15, 0.2) is 0 Å². The normalized spacial score (nSPS) is 12.5. The number of thiocarbonyl (C=S) groups is 1. The van der Waals surface area contributed by atoms with Crippen LogP contribution in [0.4, 0.5) is 0 Å². The third kappa shape index (κ3) is 38.2. The van der Waals surface area contributed by atoms with Crippen LogP contribution in [0.15, 0.2) is 0 Å². The first-order valence-electron chi connectivity index (χ1n) is 19.8. The van der Waals surface area contributed by atoms with Crippen LogP contribution in [-0.4, -0.2) is 140 Å². The average Bonchev–Trinajstić information content (AvgIpc) is 3.11. The fourth-order valence-corrected chi connectivity index (χ4v) is 9.66. The molecule has 0 bridgehead atoms. The number of carbonyl (C=O) groups is 6. The molecule has 2 amide bonds. The van der Waals surface area contributed by atoms with Gasteiger partial charge in [0, 0.05) is 59.3 Å². The van der Waals surface area contributed by atoms with Gasteiger partial charge in [-0.3, -0.25) is 28.8 Å². The van der Waals surface area contributed by atoms with Gasteiger partial charge >= 0.3 is 17.9 Å². The molecular formula is C53H120N2O12S3. The molecule has 1 N–H and O–H groups in total. The van der Waals surface area contributed by atoms with Crippen LogP contribution in [-0.2, 0) is 52.5 Å². The van der Waals surface area contributed by atoms with Gasteiger partial charge in [0.25, 0.3) is 6.47 Å². The zero-order valence-corrected chi connectivity index (χ0v) is 39.8. The summed E-state index contributed by atoms with van der Waals surface area (Å²) in [6.45, 7) is 15.4. The molecule has 0 aliphatic rings. The number of esters is 2. The number of amides is 2. The SMILES string of the molecule is C.C.C.C.C.C.C.C.C.C.C.C.COCCOC(=O)C(CC(CC(SC(=S)SCC(C(=O)N(C)C)C(CC(CC(C)(C)C(=O)O)C(=O)OCCOC)C(C)C)C(C)C)C(=O)N(C)C)CC(C)(C)OC=O. The molecule has 0 fully saturated rings. The van der Waals surface area contributed by atoms with Gasteiger partial charge in [0.05, 0.1) is 36.4 Å². The van der Waals surface area contributed by atoms with Crippen molar-refractivity contribution in [1.29, 1.82) is 0 Å². The maximum atomic E-state index is 13.9. The molecule has 0 rings (SSSR count). The largest absolute Gasteiger partial charge is 0.481 e. The summed E-state index contributed by atoms with van der Waals surface area (Å²) in [5.41, 5.74) is -2.21. The van der Waals surface area contributed by atoms with E-state index in [-0.39, 0.29) is 176 Å². The molecule has 17 heteroatoms. The molecule has 0 saturated carbocycles. The van der Waals surface area contributed by atoms with Crippen LogP contribution >= 0.6 is 35.7 Å². The van der Waals surface area contributed by atoms with Gasteiger partial charge in [-0.2, -0.15) is 0 Å². The van der Waals surface area contributed by atoms with Crippen molar-refractivity contribution in [3.8, 4) is 0 Å². The molecular weight excluding hydrogens is 953 g/mol. The maximum Gasteiger partial charge on any atom is 0.309 e. The molecule has 0 radical (unpaired) electrons. The van der Waals surface area contributed by atoms with Gasteiger partial charge in [0.1, 0.15) is 22.3 Å². The summed E-state index contributed by atoms with van der Waals surface area (Å²) in [6, 6.07) is 0. The molecule has 0 aliphatic heterocycles. The Morgan fingerprint density at radius 1 is 0.614 bits per heavy atom. The summed E-state index contributed by atoms with van der Waals surface area (Å²) in [4.78, 5) is 80.8. The zero-order chi connectivity index (χ0) is 45.0. The average molecular weight is 1070 g/mol. The number of hydrogen-bond donors (Lipinski definition) is 1. The maximum absolute atomic E-state index is 13.9. The molecule has 0 aromatic rings. The van der Waals surface area contributed by atoms with Crippen molar-refractivity contribution in [3.63, 3.8) is 0 Å². The van der Waals surface area contributed by atoms with Gasteiger partial charge in [-0.25, -0.2) is 0 Å². The highest BCUT2D eigenvalue weighted by Crippen LogP contribution is 2.40. The van der Waals surface area contributed by atoms with Crippen molar-refractivity contribution in [3.05, 3.63) is 0 Å². The van der Waals surface area contributed by atoms with Crippen LogP contribution in [0.2, 0.25) is 0 Å². The van der Waals surface area contributed by atoms with Crippen LogP contribution in [0, 0.1) is 46.8 Å². The van der Waals surface area contributed by atoms with Gasteiger partial charge in [0.2, 0.25) is 11.8 Å². The number of carboxylic acids is 1. The predicted octanol–water partition coefficient (Wildman–Crippen LogP) is 13.7. The Morgan fingerprint density at radius 2 is 1.03 bits per heavy atom. The summed E-state index contributed by atoms with van der Waals surface area (Å²) >= 11 is 8.76. The highest BCUT2D eigenvalue weighted by Gasteiger charge is 2.41. The van der Waals surface area contributed by atoms with E-state index in [0.29, 0.717) is 22.2 Å². The van der Waals surface area contributed by atoms with Gasteiger partial charge < -0.3 is 38.6 Å². The second-order valence-electron chi connectivity index (χ2n) is 17.1. The number of carbonyl (C=O) groups excluding carboxylic acids is 5. The van der Waals surface area contributed by atoms with Crippen molar-refractivity contribution in [2.45, 2.75) is 187 Å². The second kappa shape index (κ2) is 50.1. The van der Waals surface area contributed by atoms with Crippen molar-refractivity contribution >= 4 is 75.5 Å². The van der Waals surface area contributed by atoms with E-state index in [0.717, 1.165) is 0 Å². The fraction of sp³-hybridized carbons (Fsp3) is 0.868. The quantitative estimate of drug-likeness (QED) is 0.0246. The summed E-state index contributed by atoms with van der Waals surface area (Å²) in [5, 5.41) is 9.78. The third-order valence-corrected chi connectivity index (χ3v) is 13.4. The molecule has 6 unspecified atom stereocenters. The number of aliphatic carboxylic acids is 1. The van der Waals surface area contributed by atoms with E-state index in [9.17, 15) is 33.9 Å². The number of hydrogen-bond acceptors (Lipinski definition) is 14. The van der Waals surface area contributed by atoms with E-state index in [1.54, 1.807) is 55.9 Å². The first kappa shape index (κ1) is 101. The van der Waals surface area contributed by atoms with E-state index in [2.05, 4.69) is 0 Å². The molecule has 0 heterocycles. The predicted molar refractivity (Wildman–Crippen MR) is 313 cm³/mol. The van der Waals surface area contributed by atoms with Gasteiger partial charge in [-0.05, 0) is 77.6 Å². The number of thioether (sulfide) groups is 2. The Kier molecular flexibility index (Phi) is 71.9. The van der Waals surface area contributed by atoms with Crippen molar-refractivity contribution < 1.29 is 57.6 Å². The van der Waals surface area contributed by atoms with Crippen LogP contribution in [0.5, 0.6) is 0 Å². The third-order valence-electron chi connectivity index (χ3n) is 10.1. The number of ether oxygens (including phenoxy) is 5. The van der Waals surface area contributed by atoms with E-state index in [1.807, 2.05) is 27.7 Å². The topological polar surface area (TPSA) is 175 Å². The molecule has 0 saturated heterocycles. The second-order valence-corrected chi connectivity index (χ2v) is 20.6. The number of carboxylic acid groups (broad SMARTS) is 1. The van der Waals surface area contributed by atoms with Crippen LogP contribution in [0.1, 0.15) is 177 Å². The Balaban J connectivity index is -0.000000246. The highest BCUT2D eigenvalue weighted by molar-refractivity contribution is 8.47. The van der Waals surface area contributed by atoms with Crippen molar-refractivity contribution in [1.82, 2.24) is 9.80 Å². The minimum Gasteiger partial charge on any atom is -0.481 e. The van der Waals surface area contributed by atoms with E-state index >= 15 is 0 Å². The Labute approximate surface area is 449 Å². The number of nitrogens with zero attached hydrogens (tertiary/aromatic N) is 2. The fourth-order valence-electron chi connectivity index (χ4n) is 6.69. The molecule has 6 atom stereocenters. The smallest absolute Gasteiger partial charge is 0.309 e.